The molecule has 1 unspecified atom stereocenters. The largest absolute Gasteiger partial charge is 0.497 e. The lowest BCUT2D eigenvalue weighted by molar-refractivity contribution is -0.144. The van der Waals surface area contributed by atoms with Crippen LogP contribution < -0.4 is 25.0 Å². The maximum atomic E-state index is 13.8. The van der Waals surface area contributed by atoms with Gasteiger partial charge in [-0.2, -0.15) is 0 Å². The van der Waals surface area contributed by atoms with E-state index in [1.165, 1.54) is 0 Å². The van der Waals surface area contributed by atoms with Gasteiger partial charge in [-0.15, -0.1) is 0 Å². The number of ether oxygens (including phenoxy) is 2. The summed E-state index contributed by atoms with van der Waals surface area (Å²) in [5.74, 6) is 0.221. The van der Waals surface area contributed by atoms with E-state index >= 15 is 0 Å². The number of carbonyl (C=O) groups excluding carboxylic acids is 3. The van der Waals surface area contributed by atoms with Gasteiger partial charge in [-0.3, -0.25) is 14.6 Å². The second-order valence-electron chi connectivity index (χ2n) is 8.95. The highest BCUT2D eigenvalue weighted by atomic mass is 16.5. The standard InChI is InChI=1S/C27H30N4O5/c1-3-36-27(34)24-22-15-17-30(19-9-7-18(8-10-19)29-16-5-4-6-23(29)32)26(33)25(22)31(28-24)20-11-13-21(35-2)14-12-20/h7-14,24,28H,3-6,15-17H2,1-2H3. The first-order valence-electron chi connectivity index (χ1n) is 12.3. The fourth-order valence-corrected chi connectivity index (χ4v) is 5.00. The number of piperidine rings is 1. The molecule has 2 aromatic rings. The third-order valence-electron chi connectivity index (χ3n) is 6.84. The van der Waals surface area contributed by atoms with Crippen molar-refractivity contribution in [3.8, 4) is 5.75 Å². The molecule has 3 aliphatic rings. The minimum Gasteiger partial charge on any atom is -0.497 e. The lowest BCUT2D eigenvalue weighted by Gasteiger charge is -2.32. The first-order valence-corrected chi connectivity index (χ1v) is 12.3. The second-order valence-corrected chi connectivity index (χ2v) is 8.95. The number of hydrogen-bond acceptors (Lipinski definition) is 7. The van der Waals surface area contributed by atoms with Crippen molar-refractivity contribution in [1.29, 1.82) is 0 Å². The zero-order chi connectivity index (χ0) is 25.2. The molecular weight excluding hydrogens is 460 g/mol. The molecule has 3 heterocycles. The van der Waals surface area contributed by atoms with E-state index in [0.717, 1.165) is 36.3 Å². The zero-order valence-electron chi connectivity index (χ0n) is 20.5. The minimum absolute atomic E-state index is 0.134. The quantitative estimate of drug-likeness (QED) is 0.622. The molecule has 3 aliphatic heterocycles. The Morgan fingerprint density at radius 1 is 0.917 bits per heavy atom. The lowest BCUT2D eigenvalue weighted by atomic mass is 9.98. The molecule has 0 saturated carbocycles. The Labute approximate surface area is 210 Å². The van der Waals surface area contributed by atoms with Gasteiger partial charge in [0.05, 0.1) is 19.4 Å². The maximum Gasteiger partial charge on any atom is 0.329 e. The molecule has 2 amide bonds. The average molecular weight is 491 g/mol. The summed E-state index contributed by atoms with van der Waals surface area (Å²) in [7, 11) is 1.59. The number of carbonyl (C=O) groups is 3. The van der Waals surface area contributed by atoms with Crippen LogP contribution in [0.5, 0.6) is 5.75 Å². The van der Waals surface area contributed by atoms with Gasteiger partial charge in [-0.05, 0) is 80.3 Å². The number of methoxy groups -OCH3 is 1. The highest BCUT2D eigenvalue weighted by Gasteiger charge is 2.44. The molecule has 0 radical (unpaired) electrons. The predicted octanol–water partition coefficient (Wildman–Crippen LogP) is 3.16. The van der Waals surface area contributed by atoms with Crippen molar-refractivity contribution in [1.82, 2.24) is 5.43 Å². The van der Waals surface area contributed by atoms with E-state index in [1.807, 2.05) is 41.3 Å². The molecule has 1 fully saturated rings. The van der Waals surface area contributed by atoms with E-state index in [4.69, 9.17) is 9.47 Å². The third-order valence-corrected chi connectivity index (χ3v) is 6.84. The van der Waals surface area contributed by atoms with Gasteiger partial charge >= 0.3 is 5.97 Å². The van der Waals surface area contributed by atoms with E-state index in [9.17, 15) is 14.4 Å². The minimum atomic E-state index is -0.722. The van der Waals surface area contributed by atoms with Crippen LogP contribution in [0.15, 0.2) is 59.8 Å². The normalized spacial score (nSPS) is 20.1. The molecule has 188 valence electrons. The van der Waals surface area contributed by atoms with Crippen LogP contribution in [0.1, 0.15) is 32.6 Å². The summed E-state index contributed by atoms with van der Waals surface area (Å²) >= 11 is 0. The van der Waals surface area contributed by atoms with Crippen molar-refractivity contribution in [2.24, 2.45) is 0 Å². The molecule has 0 spiro atoms. The van der Waals surface area contributed by atoms with Crippen LogP contribution in [0.3, 0.4) is 0 Å². The number of hydrazine groups is 1. The zero-order valence-corrected chi connectivity index (χ0v) is 20.5. The molecular formula is C27H30N4O5. The summed E-state index contributed by atoms with van der Waals surface area (Å²) in [5.41, 5.74) is 6.64. The fraction of sp³-hybridized carbons (Fsp3) is 0.370. The van der Waals surface area contributed by atoms with Crippen molar-refractivity contribution >= 4 is 34.8 Å². The smallest absolute Gasteiger partial charge is 0.329 e. The summed E-state index contributed by atoms with van der Waals surface area (Å²) in [6, 6.07) is 14.1. The number of hydrogen-bond donors (Lipinski definition) is 1. The van der Waals surface area contributed by atoms with Crippen LogP contribution in [0.25, 0.3) is 0 Å². The summed E-state index contributed by atoms with van der Waals surface area (Å²) in [4.78, 5) is 42.4. The summed E-state index contributed by atoms with van der Waals surface area (Å²) < 4.78 is 10.5. The number of anilines is 3. The number of benzene rings is 2. The van der Waals surface area contributed by atoms with Gasteiger partial charge in [0.2, 0.25) is 5.91 Å². The number of esters is 1. The van der Waals surface area contributed by atoms with Crippen molar-refractivity contribution in [3.63, 3.8) is 0 Å². The number of rotatable bonds is 6. The molecule has 1 saturated heterocycles. The van der Waals surface area contributed by atoms with Crippen molar-refractivity contribution in [2.45, 2.75) is 38.6 Å². The van der Waals surface area contributed by atoms with Crippen LogP contribution >= 0.6 is 0 Å². The van der Waals surface area contributed by atoms with E-state index in [2.05, 4.69) is 5.43 Å². The summed E-state index contributed by atoms with van der Waals surface area (Å²) in [5, 5.41) is 1.67. The Morgan fingerprint density at radius 2 is 1.58 bits per heavy atom. The van der Waals surface area contributed by atoms with Crippen LogP contribution in [0.2, 0.25) is 0 Å². The number of nitrogens with zero attached hydrogens (tertiary/aromatic N) is 3. The molecule has 5 rings (SSSR count). The highest BCUT2D eigenvalue weighted by Crippen LogP contribution is 2.36. The Hall–Kier alpha value is -3.85. The third kappa shape index (κ3) is 4.30. The summed E-state index contributed by atoms with van der Waals surface area (Å²) in [6.45, 7) is 3.18. The van der Waals surface area contributed by atoms with Crippen LogP contribution in [0, 0.1) is 0 Å². The monoisotopic (exact) mass is 490 g/mol. The molecule has 1 N–H and O–H groups in total. The number of amides is 2. The molecule has 0 aliphatic carbocycles. The number of nitrogens with one attached hydrogen (secondary N) is 1. The molecule has 1 atom stereocenters. The first kappa shape index (κ1) is 23.9. The summed E-state index contributed by atoms with van der Waals surface area (Å²) in [6.07, 6.45) is 3.01. The first-order chi connectivity index (χ1) is 17.5. The molecule has 2 aromatic carbocycles. The van der Waals surface area contributed by atoms with Gasteiger partial charge in [-0.1, -0.05) is 0 Å². The Kier molecular flexibility index (Phi) is 6.65. The fourth-order valence-electron chi connectivity index (χ4n) is 5.00. The Bertz CT molecular complexity index is 1190. The maximum absolute atomic E-state index is 13.8. The van der Waals surface area contributed by atoms with Crippen molar-refractivity contribution in [3.05, 3.63) is 59.8 Å². The van der Waals surface area contributed by atoms with Gasteiger partial charge in [0, 0.05) is 30.9 Å². The van der Waals surface area contributed by atoms with Crippen molar-refractivity contribution < 1.29 is 23.9 Å². The van der Waals surface area contributed by atoms with E-state index in [0.29, 0.717) is 36.5 Å². The molecule has 0 aromatic heterocycles. The molecule has 0 bridgehead atoms. The van der Waals surface area contributed by atoms with Gasteiger partial charge in [0.15, 0.2) is 0 Å². The average Bonchev–Trinajstić information content (AvgIpc) is 3.30. The highest BCUT2D eigenvalue weighted by molar-refractivity contribution is 6.11. The molecule has 36 heavy (non-hydrogen) atoms. The lowest BCUT2D eigenvalue weighted by Crippen LogP contribution is -2.44. The van der Waals surface area contributed by atoms with E-state index < -0.39 is 12.0 Å². The predicted molar refractivity (Wildman–Crippen MR) is 136 cm³/mol. The van der Waals surface area contributed by atoms with Crippen LogP contribution in [-0.4, -0.2) is 50.6 Å². The van der Waals surface area contributed by atoms with Gasteiger partial charge in [0.25, 0.3) is 5.91 Å². The van der Waals surface area contributed by atoms with E-state index in [1.54, 1.807) is 36.1 Å². The second kappa shape index (κ2) is 10.0. The van der Waals surface area contributed by atoms with E-state index in [-0.39, 0.29) is 18.4 Å². The van der Waals surface area contributed by atoms with Gasteiger partial charge in [-0.25, -0.2) is 10.2 Å². The Balaban J connectivity index is 1.44. The topological polar surface area (TPSA) is 91.4 Å². The van der Waals surface area contributed by atoms with Crippen LogP contribution in [-0.2, 0) is 19.1 Å². The van der Waals surface area contributed by atoms with Crippen molar-refractivity contribution in [2.75, 3.05) is 41.6 Å². The van der Waals surface area contributed by atoms with Crippen LogP contribution in [0.4, 0.5) is 17.1 Å². The molecule has 9 nitrogen and oxygen atoms in total. The SMILES string of the molecule is CCOC(=O)C1NN(c2ccc(OC)cc2)C2=C1CCN(c1ccc(N3CCCCC3=O)cc1)C2=O. The van der Waals surface area contributed by atoms with Gasteiger partial charge in [0.1, 0.15) is 17.5 Å². The van der Waals surface area contributed by atoms with Gasteiger partial charge < -0.3 is 19.3 Å². The molecule has 9 heteroatoms. The Morgan fingerprint density at radius 3 is 2.22 bits per heavy atom.